The van der Waals surface area contributed by atoms with Crippen LogP contribution in [0.15, 0.2) is 97.1 Å². The minimum Gasteiger partial charge on any atom is -0.456 e. The van der Waals surface area contributed by atoms with E-state index in [4.69, 9.17) is 17.0 Å². The van der Waals surface area contributed by atoms with Crippen molar-refractivity contribution in [3.8, 4) is 11.5 Å². The molecule has 0 unspecified atom stereocenters. The summed E-state index contributed by atoms with van der Waals surface area (Å²) in [5, 5.41) is 3.97. The van der Waals surface area contributed by atoms with Crippen LogP contribution in [-0.2, 0) is 5.54 Å². The van der Waals surface area contributed by atoms with Crippen molar-refractivity contribution >= 4 is 50.9 Å². The van der Waals surface area contributed by atoms with Crippen LogP contribution in [0.2, 0.25) is 0 Å². The van der Waals surface area contributed by atoms with Crippen molar-refractivity contribution in [2.75, 3.05) is 55.0 Å². The Labute approximate surface area is 294 Å². The van der Waals surface area contributed by atoms with Gasteiger partial charge in [-0.15, -0.1) is 0 Å². The van der Waals surface area contributed by atoms with Crippen LogP contribution in [0.4, 0.5) is 17.1 Å². The molecule has 7 nitrogen and oxygen atoms in total. The Balaban J connectivity index is 1.41. The van der Waals surface area contributed by atoms with Crippen molar-refractivity contribution in [1.29, 1.82) is 0 Å². The van der Waals surface area contributed by atoms with E-state index in [0.29, 0.717) is 10.6 Å². The lowest BCUT2D eigenvalue weighted by Crippen LogP contribution is -2.55. The van der Waals surface area contributed by atoms with Crippen molar-refractivity contribution in [1.82, 2.24) is 10.4 Å². The summed E-state index contributed by atoms with van der Waals surface area (Å²) in [6.07, 6.45) is 0. The lowest BCUT2D eigenvalue weighted by atomic mass is 9.75. The molecule has 250 valence electrons. The molecule has 0 bridgehead atoms. The Bertz CT molecular complexity index is 2020. The maximum atomic E-state index is 14.3. The van der Waals surface area contributed by atoms with Gasteiger partial charge in [-0.3, -0.25) is 15.2 Å². The number of thiocarbonyl (C=S) groups is 1. The maximum absolute atomic E-state index is 14.3. The number of hydrazine groups is 1. The molecule has 0 saturated carbocycles. The summed E-state index contributed by atoms with van der Waals surface area (Å²) in [7, 11) is 4.05. The molecule has 1 spiro atoms. The molecule has 2 aliphatic heterocycles. The van der Waals surface area contributed by atoms with Crippen LogP contribution in [0.25, 0.3) is 10.8 Å². The van der Waals surface area contributed by atoms with Crippen LogP contribution < -0.4 is 24.9 Å². The van der Waals surface area contributed by atoms with Crippen molar-refractivity contribution in [3.05, 3.63) is 125 Å². The second-order valence-corrected chi connectivity index (χ2v) is 13.2. The van der Waals surface area contributed by atoms with Crippen LogP contribution in [0.5, 0.6) is 11.5 Å². The summed E-state index contributed by atoms with van der Waals surface area (Å²) < 4.78 is 6.85. The van der Waals surface area contributed by atoms with Gasteiger partial charge in [-0.1, -0.05) is 60.7 Å². The highest BCUT2D eigenvalue weighted by Gasteiger charge is 2.56. The molecule has 2 aliphatic rings. The summed E-state index contributed by atoms with van der Waals surface area (Å²) >= 11 is 6.25. The van der Waals surface area contributed by atoms with Crippen molar-refractivity contribution in [2.45, 2.75) is 33.2 Å². The number of carbonyl (C=O) groups is 1. The molecule has 2 heterocycles. The van der Waals surface area contributed by atoms with E-state index >= 15 is 0 Å². The molecule has 0 aliphatic carbocycles. The smallest absolute Gasteiger partial charge is 0.269 e. The molecular formula is C41H43N5O2S. The molecule has 1 amide bonds. The standard InChI is InChI=1S/C41H43N5O2S/c1-7-44(8-2)31-19-21-35-37(25-31)48-38-26-32(45(9-3)10-4)20-22-36(38)41(35)34-14-12-11-13-33(34)40(49)46(41)42-39(47)29-16-15-28-24-30(43(5)6)18-17-27(28)23-29/h11-26H,7-10H2,1-6H3,(H,42,47). The molecule has 7 rings (SSSR count). The molecule has 49 heavy (non-hydrogen) atoms. The molecule has 0 radical (unpaired) electrons. The van der Waals surface area contributed by atoms with Crippen LogP contribution in [0, 0.1) is 0 Å². The summed E-state index contributed by atoms with van der Waals surface area (Å²) in [6, 6.07) is 33.2. The molecule has 1 N–H and O–H groups in total. The number of benzene rings is 5. The predicted octanol–water partition coefficient (Wildman–Crippen LogP) is 8.33. The van der Waals surface area contributed by atoms with Gasteiger partial charge in [-0.25, -0.2) is 0 Å². The van der Waals surface area contributed by atoms with E-state index in [-0.39, 0.29) is 5.91 Å². The lowest BCUT2D eigenvalue weighted by molar-refractivity contribution is 0.0806. The van der Waals surface area contributed by atoms with Gasteiger partial charge in [-0.2, -0.15) is 0 Å². The monoisotopic (exact) mass is 669 g/mol. The highest BCUT2D eigenvalue weighted by molar-refractivity contribution is 7.80. The average molecular weight is 670 g/mol. The normalized spacial score (nSPS) is 13.8. The van der Waals surface area contributed by atoms with Gasteiger partial charge < -0.3 is 19.4 Å². The molecule has 5 aromatic carbocycles. The maximum Gasteiger partial charge on any atom is 0.269 e. The summed E-state index contributed by atoms with van der Waals surface area (Å²) in [5.74, 6) is 1.26. The number of amides is 1. The fourth-order valence-corrected chi connectivity index (χ4v) is 7.85. The first kappa shape index (κ1) is 32.5. The number of hydrogen-bond acceptors (Lipinski definition) is 6. The summed E-state index contributed by atoms with van der Waals surface area (Å²) in [5.41, 5.74) is 9.95. The zero-order valence-corrected chi connectivity index (χ0v) is 29.9. The van der Waals surface area contributed by atoms with Crippen LogP contribution in [-0.4, -0.2) is 56.2 Å². The molecule has 5 aromatic rings. The topological polar surface area (TPSA) is 51.3 Å². The van der Waals surface area contributed by atoms with E-state index in [1.807, 2.05) is 55.5 Å². The molecule has 0 saturated heterocycles. The second-order valence-electron chi connectivity index (χ2n) is 12.8. The van der Waals surface area contributed by atoms with Gasteiger partial charge in [-0.05, 0) is 80.4 Å². The number of nitrogens with zero attached hydrogens (tertiary/aromatic N) is 4. The Kier molecular flexibility index (Phi) is 8.45. The zero-order valence-electron chi connectivity index (χ0n) is 29.1. The number of carbonyl (C=O) groups excluding carboxylic acids is 1. The third-order valence-corrected chi connectivity index (χ3v) is 10.5. The van der Waals surface area contributed by atoms with Gasteiger partial charge in [0.15, 0.2) is 0 Å². The van der Waals surface area contributed by atoms with E-state index in [1.54, 1.807) is 0 Å². The van der Waals surface area contributed by atoms with Crippen molar-refractivity contribution < 1.29 is 9.53 Å². The van der Waals surface area contributed by atoms with E-state index in [0.717, 1.165) is 87.8 Å². The van der Waals surface area contributed by atoms with Crippen LogP contribution in [0.1, 0.15) is 60.3 Å². The van der Waals surface area contributed by atoms with Crippen molar-refractivity contribution in [2.24, 2.45) is 0 Å². The van der Waals surface area contributed by atoms with Gasteiger partial charge in [0, 0.05) is 91.7 Å². The first-order valence-corrected chi connectivity index (χ1v) is 17.6. The van der Waals surface area contributed by atoms with Gasteiger partial charge in [0.05, 0.1) is 0 Å². The molecule has 0 atom stereocenters. The average Bonchev–Trinajstić information content (AvgIpc) is 3.36. The Morgan fingerprint density at radius 1 is 0.694 bits per heavy atom. The zero-order chi connectivity index (χ0) is 34.4. The van der Waals surface area contributed by atoms with Gasteiger partial charge >= 0.3 is 0 Å². The SMILES string of the molecule is CCN(CC)c1ccc2c(c1)Oc1cc(N(CC)CC)ccc1C21c2ccccc2C(=S)N1NC(=O)c1ccc2cc(N(C)C)ccc2c1. The van der Waals surface area contributed by atoms with E-state index in [2.05, 4.69) is 108 Å². The summed E-state index contributed by atoms with van der Waals surface area (Å²) in [4.78, 5) is 21.6. The Hall–Kier alpha value is -5.08. The first-order valence-electron chi connectivity index (χ1n) is 17.2. The molecule has 8 heteroatoms. The molecular weight excluding hydrogens is 627 g/mol. The minimum absolute atomic E-state index is 0.234. The quantitative estimate of drug-likeness (QED) is 0.158. The third-order valence-electron chi connectivity index (χ3n) is 10.1. The Morgan fingerprint density at radius 2 is 1.24 bits per heavy atom. The number of hydrogen-bond donors (Lipinski definition) is 1. The number of anilines is 3. The summed E-state index contributed by atoms with van der Waals surface area (Å²) in [6.45, 7) is 12.1. The van der Waals surface area contributed by atoms with E-state index in [1.165, 1.54) is 0 Å². The van der Waals surface area contributed by atoms with Gasteiger partial charge in [0.1, 0.15) is 22.0 Å². The predicted molar refractivity (Wildman–Crippen MR) is 206 cm³/mol. The number of fused-ring (bicyclic) bond motifs is 7. The third kappa shape index (κ3) is 5.17. The Morgan fingerprint density at radius 3 is 1.84 bits per heavy atom. The largest absolute Gasteiger partial charge is 0.456 e. The number of rotatable bonds is 9. The number of nitrogens with one attached hydrogen (secondary N) is 1. The minimum atomic E-state index is -0.965. The van der Waals surface area contributed by atoms with Gasteiger partial charge in [0.25, 0.3) is 5.91 Å². The van der Waals surface area contributed by atoms with Crippen LogP contribution >= 0.6 is 12.2 Å². The van der Waals surface area contributed by atoms with Crippen LogP contribution in [0.3, 0.4) is 0 Å². The molecule has 0 fully saturated rings. The van der Waals surface area contributed by atoms with E-state index in [9.17, 15) is 4.79 Å². The number of ether oxygens (including phenoxy) is 1. The highest BCUT2D eigenvalue weighted by Crippen LogP contribution is 2.58. The van der Waals surface area contributed by atoms with Gasteiger partial charge in [0.2, 0.25) is 0 Å². The lowest BCUT2D eigenvalue weighted by Gasteiger charge is -2.45. The van der Waals surface area contributed by atoms with Crippen molar-refractivity contribution in [3.63, 3.8) is 0 Å². The molecule has 0 aromatic heterocycles. The second kappa shape index (κ2) is 12.7. The van der Waals surface area contributed by atoms with E-state index < -0.39 is 5.54 Å². The fraction of sp³-hybridized carbons (Fsp3) is 0.268. The fourth-order valence-electron chi connectivity index (χ4n) is 7.49. The highest BCUT2D eigenvalue weighted by atomic mass is 32.1. The first-order chi connectivity index (χ1) is 23.7.